The molecule has 32 nitrogen and oxygen atoms in total. The van der Waals surface area contributed by atoms with E-state index in [-0.39, 0.29) is 35.6 Å². The molecule has 0 saturated heterocycles. The molecule has 1 aromatic heterocycles. The lowest BCUT2D eigenvalue weighted by molar-refractivity contribution is -0.144. The second kappa shape index (κ2) is 32.8. The summed E-state index contributed by atoms with van der Waals surface area (Å²) in [5.41, 5.74) is 6.59. The number of nitrogens with two attached hydrogens (primary N) is 1. The zero-order valence-corrected chi connectivity index (χ0v) is 44.8. The van der Waals surface area contributed by atoms with E-state index in [0.717, 1.165) is 0 Å². The number of aliphatic hydroxyl groups is 1. The van der Waals surface area contributed by atoms with Crippen molar-refractivity contribution in [2.24, 2.45) is 5.73 Å². The van der Waals surface area contributed by atoms with E-state index in [1.807, 2.05) is 0 Å². The zero-order chi connectivity index (χ0) is 62.9. The summed E-state index contributed by atoms with van der Waals surface area (Å²) in [6.07, 6.45) is -4.21. The molecule has 0 fully saturated rings. The molecule has 456 valence electrons. The van der Waals surface area contributed by atoms with Crippen molar-refractivity contribution < 1.29 is 103 Å². The van der Waals surface area contributed by atoms with Crippen molar-refractivity contribution >= 4 is 77.1 Å². The minimum atomic E-state index is -2.14. The Hall–Kier alpha value is -10.5. The van der Waals surface area contributed by atoms with Crippen LogP contribution in [0.2, 0.25) is 0 Å². The second-order valence-electron chi connectivity index (χ2n) is 19.1. The number of imidazole rings is 1. The number of benzene rings is 3. The summed E-state index contributed by atoms with van der Waals surface area (Å²) in [5, 5.41) is 95.4. The second-order valence-corrected chi connectivity index (χ2v) is 19.1. The van der Waals surface area contributed by atoms with Crippen molar-refractivity contribution in [2.75, 3.05) is 6.61 Å². The van der Waals surface area contributed by atoms with Crippen LogP contribution in [-0.2, 0) is 88.0 Å². The number of hydrogen-bond donors (Lipinski definition) is 18. The largest absolute Gasteiger partial charge is 0.508 e. The first-order valence-corrected chi connectivity index (χ1v) is 25.7. The zero-order valence-electron chi connectivity index (χ0n) is 44.8. The van der Waals surface area contributed by atoms with Crippen LogP contribution >= 0.6 is 0 Å². The number of H-pyrrole nitrogens is 1. The van der Waals surface area contributed by atoms with Crippen LogP contribution in [0, 0.1) is 0 Å². The van der Waals surface area contributed by atoms with Gasteiger partial charge in [-0.15, -0.1) is 0 Å². The fourth-order valence-electron chi connectivity index (χ4n) is 7.99. The summed E-state index contributed by atoms with van der Waals surface area (Å²) in [4.78, 5) is 178. The van der Waals surface area contributed by atoms with Gasteiger partial charge in [0.05, 0.1) is 32.2 Å². The number of aromatic amines is 1. The maximum Gasteiger partial charge on any atom is 0.326 e. The number of aromatic nitrogens is 2. The Morgan fingerprint density at radius 1 is 0.424 bits per heavy atom. The first-order valence-electron chi connectivity index (χ1n) is 25.7. The lowest BCUT2D eigenvalue weighted by Crippen LogP contribution is -2.61. The molecule has 1 heterocycles. The number of carboxylic acid groups (broad SMARTS) is 5. The number of carbonyl (C=O) groups is 13. The van der Waals surface area contributed by atoms with Crippen LogP contribution in [0.15, 0.2) is 91.4 Å². The Morgan fingerprint density at radius 3 is 1.13 bits per heavy atom. The van der Waals surface area contributed by atoms with Gasteiger partial charge in [-0.2, -0.15) is 0 Å². The van der Waals surface area contributed by atoms with Gasteiger partial charge in [-0.05, 0) is 47.4 Å². The number of rotatable bonds is 35. The van der Waals surface area contributed by atoms with E-state index in [9.17, 15) is 103 Å². The van der Waals surface area contributed by atoms with Gasteiger partial charge in [-0.3, -0.25) is 57.5 Å². The normalized spacial score (nSPS) is 14.0. The van der Waals surface area contributed by atoms with Crippen LogP contribution in [-0.4, -0.2) is 189 Å². The first kappa shape index (κ1) is 67.0. The SMILES string of the molecule is N[C@@H](CO)C(=O)N[C@@H](CCC(=O)O)C(=O)N[C@@H](CC(=O)O)C(=O)N[C@@H](Cc1ccc(O)cc1)C(=O)N[C@@H](CC(=O)O)C(=O)N[C@@H](Cc1cnc[nH]1)C(=O)N[C@@H](Cc1ccccc1)C(=O)N[C@@H](CC(=O)O)C(=O)N[C@@H](Cc1ccc(O)cc1)C(=O)O. The van der Waals surface area contributed by atoms with Gasteiger partial charge in [0.1, 0.15) is 65.9 Å². The maximum atomic E-state index is 14.5. The predicted molar refractivity (Wildman–Crippen MR) is 288 cm³/mol. The smallest absolute Gasteiger partial charge is 0.326 e. The molecule has 3 aromatic carbocycles. The van der Waals surface area contributed by atoms with E-state index in [2.05, 4.69) is 52.5 Å². The molecule has 8 amide bonds. The Bertz CT molecular complexity index is 3020. The van der Waals surface area contributed by atoms with E-state index in [0.29, 0.717) is 11.1 Å². The molecule has 0 unspecified atom stereocenters. The van der Waals surface area contributed by atoms with Crippen molar-refractivity contribution in [2.45, 2.75) is 112 Å². The summed E-state index contributed by atoms with van der Waals surface area (Å²) in [6, 6.07) is 1.37. The molecule has 0 aliphatic heterocycles. The molecular formula is C53H63N11O21. The van der Waals surface area contributed by atoms with Gasteiger partial charge in [-0.1, -0.05) is 54.6 Å². The van der Waals surface area contributed by atoms with Crippen LogP contribution < -0.4 is 48.3 Å². The fraction of sp³-hybridized carbons (Fsp3) is 0.358. The van der Waals surface area contributed by atoms with Gasteiger partial charge >= 0.3 is 29.8 Å². The van der Waals surface area contributed by atoms with Crippen molar-refractivity contribution in [1.29, 1.82) is 0 Å². The van der Waals surface area contributed by atoms with Crippen LogP contribution in [0.1, 0.15) is 54.5 Å². The molecule has 85 heavy (non-hydrogen) atoms. The molecule has 0 bridgehead atoms. The summed E-state index contributed by atoms with van der Waals surface area (Å²) >= 11 is 0. The van der Waals surface area contributed by atoms with Crippen molar-refractivity contribution in [3.05, 3.63) is 114 Å². The number of amides is 8. The molecule has 19 N–H and O–H groups in total. The van der Waals surface area contributed by atoms with E-state index >= 15 is 0 Å². The topological polar surface area (TPSA) is 535 Å². The standard InChI is InChI=1S/C53H63N11O21/c54-32(24-65)45(76)57-33(14-15-41(68)69)46(77)61-37(20-42(70)71)50(81)59-35(17-27-6-10-30(66)11-7-27)48(79)62-38(21-43(72)73)51(82)60-36(19-29-23-55-25-56-29)49(80)58-34(16-26-4-2-1-3-5-26)47(78)63-39(22-44(74)75)52(83)64-40(53(84)85)18-28-8-12-31(67)13-9-28/h1-13,23,25,32-40,65-67H,14-22,24,54H2,(H,55,56)(H,57,76)(H,58,80)(H,59,81)(H,60,82)(H,61,77)(H,62,79)(H,63,78)(H,64,83)(H,68,69)(H,70,71)(H,72,73)(H,74,75)(H,84,85)/t32-,33-,34-,35-,36-,37-,38-,39-,40-/m0/s1. The number of nitrogens with one attached hydrogen (secondary N) is 9. The molecular weight excluding hydrogens is 1130 g/mol. The lowest BCUT2D eigenvalue weighted by Gasteiger charge is -2.27. The molecule has 0 aliphatic rings. The highest BCUT2D eigenvalue weighted by molar-refractivity contribution is 6.00. The Kier molecular flexibility index (Phi) is 25.9. The number of aromatic hydroxyl groups is 2. The average molecular weight is 1190 g/mol. The number of phenols is 2. The number of nitrogens with zero attached hydrogens (tertiary/aromatic N) is 1. The van der Waals surface area contributed by atoms with Gasteiger partial charge < -0.3 is 94.1 Å². The highest BCUT2D eigenvalue weighted by atomic mass is 16.4. The minimum Gasteiger partial charge on any atom is -0.508 e. The molecule has 0 aliphatic carbocycles. The number of aliphatic carboxylic acids is 5. The number of carboxylic acids is 5. The maximum absolute atomic E-state index is 14.5. The minimum absolute atomic E-state index is 0.136. The molecule has 0 saturated carbocycles. The van der Waals surface area contributed by atoms with Gasteiger partial charge in [0, 0.05) is 44.0 Å². The molecule has 32 heteroatoms. The van der Waals surface area contributed by atoms with Crippen LogP contribution in [0.5, 0.6) is 11.5 Å². The molecule has 4 rings (SSSR count). The Balaban J connectivity index is 1.65. The number of aliphatic hydroxyl groups excluding tert-OH is 1. The molecule has 0 radical (unpaired) electrons. The van der Waals surface area contributed by atoms with Gasteiger partial charge in [0.25, 0.3) is 0 Å². The highest BCUT2D eigenvalue weighted by Crippen LogP contribution is 2.15. The van der Waals surface area contributed by atoms with E-state index < -0.39 is 183 Å². The first-order chi connectivity index (χ1) is 40.2. The summed E-state index contributed by atoms with van der Waals surface area (Å²) in [6.45, 7) is -0.907. The number of phenolic OH excluding ortho intramolecular Hbond substituents is 2. The van der Waals surface area contributed by atoms with Gasteiger partial charge in [0.2, 0.25) is 47.3 Å². The Labute approximate surface area is 481 Å². The molecule has 4 aromatic rings. The third kappa shape index (κ3) is 23.1. The van der Waals surface area contributed by atoms with E-state index in [1.165, 1.54) is 73.2 Å². The van der Waals surface area contributed by atoms with Crippen molar-refractivity contribution in [3.8, 4) is 11.5 Å². The van der Waals surface area contributed by atoms with E-state index in [1.54, 1.807) is 18.2 Å². The average Bonchev–Trinajstić information content (AvgIpc) is 4.01. The third-order valence-corrected chi connectivity index (χ3v) is 12.4. The Morgan fingerprint density at radius 2 is 0.765 bits per heavy atom. The van der Waals surface area contributed by atoms with Crippen LogP contribution in [0.4, 0.5) is 0 Å². The monoisotopic (exact) mass is 1190 g/mol. The number of hydrogen-bond acceptors (Lipinski definition) is 18. The van der Waals surface area contributed by atoms with E-state index in [4.69, 9.17) is 5.73 Å². The van der Waals surface area contributed by atoms with Crippen molar-refractivity contribution in [1.82, 2.24) is 52.5 Å². The predicted octanol–water partition coefficient (Wildman–Crippen LogP) is -4.34. The highest BCUT2D eigenvalue weighted by Gasteiger charge is 2.37. The van der Waals surface area contributed by atoms with Crippen LogP contribution in [0.3, 0.4) is 0 Å². The third-order valence-electron chi connectivity index (χ3n) is 12.4. The molecule has 0 spiro atoms. The fourth-order valence-corrected chi connectivity index (χ4v) is 7.99. The summed E-state index contributed by atoms with van der Waals surface area (Å²) in [7, 11) is 0. The van der Waals surface area contributed by atoms with Gasteiger partial charge in [-0.25, -0.2) is 9.78 Å². The van der Waals surface area contributed by atoms with Crippen molar-refractivity contribution in [3.63, 3.8) is 0 Å². The summed E-state index contributed by atoms with van der Waals surface area (Å²) < 4.78 is 0. The molecule has 9 atom stereocenters. The van der Waals surface area contributed by atoms with Gasteiger partial charge in [0.15, 0.2) is 0 Å². The van der Waals surface area contributed by atoms with Crippen LogP contribution in [0.25, 0.3) is 0 Å². The lowest BCUT2D eigenvalue weighted by atomic mass is 10.0. The quantitative estimate of drug-likeness (QED) is 0.0207. The number of carbonyl (C=O) groups excluding carboxylic acids is 8. The summed E-state index contributed by atoms with van der Waals surface area (Å²) in [5.74, 6) is -18.6.